The van der Waals surface area contributed by atoms with E-state index in [1.165, 1.54) is 0 Å². The number of halogens is 1. The fraction of sp³-hybridized carbons (Fsp3) is 0.500. The number of hydrogen-bond acceptors (Lipinski definition) is 7. The van der Waals surface area contributed by atoms with Crippen LogP contribution in [0, 0.1) is 0 Å². The Morgan fingerprint density at radius 3 is 2.63 bits per heavy atom. The number of carbonyl (C=O) groups excluding carboxylic acids is 1. The van der Waals surface area contributed by atoms with Gasteiger partial charge < -0.3 is 20.6 Å². The third kappa shape index (κ3) is 4.92. The Morgan fingerprint density at radius 2 is 2.03 bits per heavy atom. The lowest BCUT2D eigenvalue weighted by Gasteiger charge is -2.32. The summed E-state index contributed by atoms with van der Waals surface area (Å²) >= 11 is 3.36. The van der Waals surface area contributed by atoms with E-state index in [4.69, 9.17) is 15.6 Å². The van der Waals surface area contributed by atoms with Gasteiger partial charge >= 0.3 is 6.09 Å². The van der Waals surface area contributed by atoms with Crippen LogP contribution in [0.4, 0.5) is 4.79 Å². The fourth-order valence-electron chi connectivity index (χ4n) is 3.41. The number of fused-ring (bicyclic) bond motifs is 1. The zero-order valence-electron chi connectivity index (χ0n) is 17.6. The minimum absolute atomic E-state index is 0.0524. The lowest BCUT2D eigenvalue weighted by molar-refractivity contribution is 0.0207. The molecular formula is C20H27BrN6O3. The molecule has 10 heteroatoms. The number of aromatic hydroxyl groups is 1. The molecule has 2 aromatic rings. The van der Waals surface area contributed by atoms with Crippen molar-refractivity contribution in [1.29, 1.82) is 0 Å². The van der Waals surface area contributed by atoms with Crippen LogP contribution in [0.2, 0.25) is 0 Å². The van der Waals surface area contributed by atoms with Crippen molar-refractivity contribution in [2.24, 2.45) is 15.9 Å². The van der Waals surface area contributed by atoms with E-state index >= 15 is 0 Å². The molecule has 9 nitrogen and oxygen atoms in total. The molecule has 3 N–H and O–H groups in total. The quantitative estimate of drug-likeness (QED) is 0.398. The van der Waals surface area contributed by atoms with E-state index < -0.39 is 5.60 Å². The Kier molecular flexibility index (Phi) is 6.35. The van der Waals surface area contributed by atoms with Gasteiger partial charge in [0.25, 0.3) is 0 Å². The second kappa shape index (κ2) is 8.63. The summed E-state index contributed by atoms with van der Waals surface area (Å²) in [5.41, 5.74) is 1.82. The van der Waals surface area contributed by atoms with Gasteiger partial charge in [-0.05, 0) is 62.5 Å². The summed E-state index contributed by atoms with van der Waals surface area (Å²) in [5.74, 6) is 5.71. The van der Waals surface area contributed by atoms with Crippen molar-refractivity contribution in [2.45, 2.75) is 52.2 Å². The molecule has 2 aromatic heterocycles. The lowest BCUT2D eigenvalue weighted by atomic mass is 10.0. The molecule has 0 radical (unpaired) electrons. The molecule has 0 unspecified atom stereocenters. The molecule has 1 saturated heterocycles. The molecule has 162 valence electrons. The van der Waals surface area contributed by atoms with Crippen LogP contribution in [-0.4, -0.2) is 61.9 Å². The van der Waals surface area contributed by atoms with Crippen molar-refractivity contribution in [3.05, 3.63) is 28.5 Å². The van der Waals surface area contributed by atoms with E-state index in [0.29, 0.717) is 40.1 Å². The summed E-state index contributed by atoms with van der Waals surface area (Å²) in [6.07, 6.45) is 4.52. The molecule has 1 aliphatic heterocycles. The topological polar surface area (TPSA) is 118 Å². The summed E-state index contributed by atoms with van der Waals surface area (Å²) in [6.45, 7) is 8.58. The van der Waals surface area contributed by atoms with Crippen LogP contribution in [0.3, 0.4) is 0 Å². The summed E-state index contributed by atoms with van der Waals surface area (Å²) in [6, 6.07) is 1.65. The maximum absolute atomic E-state index is 12.2. The third-order valence-electron chi connectivity index (χ3n) is 4.78. The molecular weight excluding hydrogens is 452 g/mol. The molecule has 1 amide bonds. The number of likely N-dealkylation sites (tertiary alicyclic amines) is 1. The highest BCUT2D eigenvalue weighted by atomic mass is 79.9. The van der Waals surface area contributed by atoms with Gasteiger partial charge in [-0.2, -0.15) is 10.2 Å². The smallest absolute Gasteiger partial charge is 0.410 e. The van der Waals surface area contributed by atoms with Gasteiger partial charge in [-0.1, -0.05) is 0 Å². The number of ether oxygens (including phenoxy) is 1. The maximum Gasteiger partial charge on any atom is 0.410 e. The molecule has 0 aromatic carbocycles. The van der Waals surface area contributed by atoms with Gasteiger partial charge in [0.15, 0.2) is 0 Å². The van der Waals surface area contributed by atoms with Crippen LogP contribution in [0.5, 0.6) is 5.75 Å². The van der Waals surface area contributed by atoms with Gasteiger partial charge in [0, 0.05) is 24.8 Å². The number of pyridine rings is 1. The first-order valence-electron chi connectivity index (χ1n) is 9.76. The molecule has 30 heavy (non-hydrogen) atoms. The number of nitrogens with zero attached hydrogens (tertiary/aromatic N) is 5. The number of aliphatic imine (C=N–C) groups is 1. The van der Waals surface area contributed by atoms with Gasteiger partial charge in [0.05, 0.1) is 22.4 Å². The molecule has 1 aliphatic rings. The summed E-state index contributed by atoms with van der Waals surface area (Å²) in [7, 11) is 0. The van der Waals surface area contributed by atoms with Crippen molar-refractivity contribution >= 4 is 39.0 Å². The van der Waals surface area contributed by atoms with Crippen molar-refractivity contribution in [3.63, 3.8) is 0 Å². The molecule has 3 rings (SSSR count). The monoisotopic (exact) mass is 478 g/mol. The maximum atomic E-state index is 12.2. The van der Waals surface area contributed by atoms with E-state index in [9.17, 15) is 9.90 Å². The first-order chi connectivity index (χ1) is 14.1. The van der Waals surface area contributed by atoms with Crippen molar-refractivity contribution in [1.82, 2.24) is 14.5 Å². The fourth-order valence-corrected chi connectivity index (χ4v) is 3.89. The normalized spacial score (nSPS) is 16.9. The number of nitrogens with two attached hydrogens (primary N) is 1. The Balaban J connectivity index is 1.71. The molecule has 0 saturated carbocycles. The second-order valence-electron chi connectivity index (χ2n) is 8.29. The largest absolute Gasteiger partial charge is 0.506 e. The van der Waals surface area contributed by atoms with Gasteiger partial charge in [-0.25, -0.2) is 9.31 Å². The highest BCUT2D eigenvalue weighted by Crippen LogP contribution is 2.28. The van der Waals surface area contributed by atoms with Crippen LogP contribution < -0.4 is 5.84 Å². The average molecular weight is 479 g/mol. The minimum Gasteiger partial charge on any atom is -0.506 e. The number of hydrazone groups is 1. The van der Waals surface area contributed by atoms with E-state index in [1.54, 1.807) is 27.9 Å². The van der Waals surface area contributed by atoms with Crippen molar-refractivity contribution < 1.29 is 14.6 Å². The Hall–Kier alpha value is -2.62. The number of aromatic nitrogens is 2. The summed E-state index contributed by atoms with van der Waals surface area (Å²) in [4.78, 5) is 18.7. The number of hydrogen-bond donors (Lipinski definition) is 2. The van der Waals surface area contributed by atoms with Gasteiger partial charge in [-0.3, -0.25) is 4.99 Å². The molecule has 0 aliphatic carbocycles. The summed E-state index contributed by atoms with van der Waals surface area (Å²) < 4.78 is 7.69. The van der Waals surface area contributed by atoms with Crippen LogP contribution >= 0.6 is 15.9 Å². The number of piperidine rings is 1. The average Bonchev–Trinajstić information content (AvgIpc) is 3.03. The molecule has 0 bridgehead atoms. The summed E-state index contributed by atoms with van der Waals surface area (Å²) in [5, 5.41) is 18.5. The van der Waals surface area contributed by atoms with Gasteiger partial charge in [0.2, 0.25) is 0 Å². The molecule has 1 fully saturated rings. The Bertz CT molecular complexity index is 1000. The van der Waals surface area contributed by atoms with Crippen molar-refractivity contribution in [2.75, 3.05) is 13.1 Å². The Morgan fingerprint density at radius 1 is 1.37 bits per heavy atom. The first kappa shape index (κ1) is 22.1. The predicted molar refractivity (Wildman–Crippen MR) is 119 cm³/mol. The predicted octanol–water partition coefficient (Wildman–Crippen LogP) is 3.33. The Labute approximate surface area is 183 Å². The lowest BCUT2D eigenvalue weighted by Crippen LogP contribution is -2.42. The standard InChI is InChI=1S/C20H27BrN6O3/c1-12(24-14-5-7-26(8-6-14)19(29)30-20(2,3)4)17(25-22)13-9-16(28)18-15(21)10-23-27(18)11-13/h9-11,14,28H,5-8,22H2,1-4H3/b24-12?,25-17+. The molecule has 0 atom stereocenters. The SMILES string of the molecule is CC(=NC1CCN(C(=O)OC(C)(C)C)CC1)/C(=N\N)c1cc(O)c2c(Br)cnn2c1. The van der Waals surface area contributed by atoms with E-state index in [2.05, 4.69) is 26.1 Å². The highest BCUT2D eigenvalue weighted by molar-refractivity contribution is 9.10. The third-order valence-corrected chi connectivity index (χ3v) is 5.36. The first-order valence-corrected chi connectivity index (χ1v) is 10.5. The van der Waals surface area contributed by atoms with Crippen LogP contribution in [-0.2, 0) is 4.74 Å². The second-order valence-corrected chi connectivity index (χ2v) is 9.14. The zero-order valence-corrected chi connectivity index (χ0v) is 19.2. The van der Waals surface area contributed by atoms with Crippen LogP contribution in [0.1, 0.15) is 46.1 Å². The van der Waals surface area contributed by atoms with E-state index in [-0.39, 0.29) is 17.9 Å². The van der Waals surface area contributed by atoms with E-state index in [0.717, 1.165) is 12.8 Å². The number of carbonyl (C=O) groups is 1. The van der Waals surface area contributed by atoms with Gasteiger partial charge in [0.1, 0.15) is 22.6 Å². The van der Waals surface area contributed by atoms with Crippen LogP contribution in [0.25, 0.3) is 5.52 Å². The molecule has 3 heterocycles. The zero-order chi connectivity index (χ0) is 22.1. The number of amides is 1. The minimum atomic E-state index is -0.508. The van der Waals surface area contributed by atoms with Crippen LogP contribution in [0.15, 0.2) is 33.0 Å². The highest BCUT2D eigenvalue weighted by Gasteiger charge is 2.27. The number of rotatable bonds is 3. The van der Waals surface area contributed by atoms with E-state index in [1.807, 2.05) is 27.7 Å². The van der Waals surface area contributed by atoms with Gasteiger partial charge in [-0.15, -0.1) is 0 Å². The van der Waals surface area contributed by atoms with Crippen molar-refractivity contribution in [3.8, 4) is 5.75 Å². The molecule has 0 spiro atoms.